The highest BCUT2D eigenvalue weighted by molar-refractivity contribution is 5.86. The van der Waals surface area contributed by atoms with Crippen molar-refractivity contribution in [2.75, 3.05) is 0 Å². The van der Waals surface area contributed by atoms with E-state index >= 15 is 0 Å². The van der Waals surface area contributed by atoms with Crippen LogP contribution in [-0.4, -0.2) is 15.9 Å². The van der Waals surface area contributed by atoms with Gasteiger partial charge in [0.15, 0.2) is 5.82 Å². The average molecular weight is 276 g/mol. The van der Waals surface area contributed by atoms with E-state index in [-0.39, 0.29) is 11.7 Å². The van der Waals surface area contributed by atoms with Gasteiger partial charge in [-0.3, -0.25) is 4.79 Å². The van der Waals surface area contributed by atoms with Gasteiger partial charge in [-0.2, -0.15) is 4.98 Å². The number of hydrogen-bond acceptors (Lipinski definition) is 4. The van der Waals surface area contributed by atoms with Gasteiger partial charge in [0, 0.05) is 12.3 Å². The number of carbonyl (C=O) groups excluding carboxylic acids is 1. The lowest BCUT2D eigenvalue weighted by molar-refractivity contribution is -0.119. The molecule has 4 heteroatoms. The van der Waals surface area contributed by atoms with Crippen LogP contribution in [0, 0.1) is 5.92 Å². The largest absolute Gasteiger partial charge is 0.339 e. The van der Waals surface area contributed by atoms with Crippen LogP contribution in [0.15, 0.2) is 4.52 Å². The highest BCUT2D eigenvalue weighted by atomic mass is 16.5. The van der Waals surface area contributed by atoms with Crippen LogP contribution in [0.4, 0.5) is 0 Å². The molecule has 1 aromatic rings. The SMILES string of the molecule is CCCC1CCC(c2noc(C3CCCC3=O)n2)CC1. The number of carbonyl (C=O) groups is 1. The van der Waals surface area contributed by atoms with Crippen molar-refractivity contribution < 1.29 is 9.32 Å². The van der Waals surface area contributed by atoms with E-state index in [1.54, 1.807) is 0 Å². The van der Waals surface area contributed by atoms with E-state index in [4.69, 9.17) is 4.52 Å². The number of rotatable bonds is 4. The molecular formula is C16H24N2O2. The van der Waals surface area contributed by atoms with Crippen molar-refractivity contribution in [2.45, 2.75) is 76.5 Å². The molecule has 1 atom stereocenters. The summed E-state index contributed by atoms with van der Waals surface area (Å²) in [7, 11) is 0. The van der Waals surface area contributed by atoms with E-state index in [0.717, 1.165) is 24.6 Å². The van der Waals surface area contributed by atoms with Crippen molar-refractivity contribution in [3.05, 3.63) is 11.7 Å². The van der Waals surface area contributed by atoms with Crippen molar-refractivity contribution in [3.8, 4) is 0 Å². The molecule has 0 N–H and O–H groups in total. The van der Waals surface area contributed by atoms with Crippen LogP contribution in [0.1, 0.15) is 88.3 Å². The molecule has 0 bridgehead atoms. The maximum Gasteiger partial charge on any atom is 0.237 e. The minimum Gasteiger partial charge on any atom is -0.339 e. The highest BCUT2D eigenvalue weighted by Crippen LogP contribution is 2.37. The number of aromatic nitrogens is 2. The predicted molar refractivity (Wildman–Crippen MR) is 75.5 cm³/mol. The van der Waals surface area contributed by atoms with Crippen molar-refractivity contribution in [1.29, 1.82) is 0 Å². The zero-order chi connectivity index (χ0) is 13.9. The Bertz CT molecular complexity index is 461. The number of ketones is 1. The monoisotopic (exact) mass is 276 g/mol. The lowest BCUT2D eigenvalue weighted by Crippen LogP contribution is -2.14. The maximum absolute atomic E-state index is 11.7. The number of nitrogens with zero attached hydrogens (tertiary/aromatic N) is 2. The zero-order valence-electron chi connectivity index (χ0n) is 12.3. The fourth-order valence-electron chi connectivity index (χ4n) is 3.75. The molecule has 110 valence electrons. The molecule has 0 saturated heterocycles. The van der Waals surface area contributed by atoms with Crippen molar-refractivity contribution in [3.63, 3.8) is 0 Å². The molecule has 1 heterocycles. The topological polar surface area (TPSA) is 56.0 Å². The second-order valence-corrected chi connectivity index (χ2v) is 6.41. The summed E-state index contributed by atoms with van der Waals surface area (Å²) in [6.45, 7) is 2.26. The summed E-state index contributed by atoms with van der Waals surface area (Å²) >= 11 is 0. The van der Waals surface area contributed by atoms with Gasteiger partial charge >= 0.3 is 0 Å². The molecular weight excluding hydrogens is 252 g/mol. The molecule has 2 saturated carbocycles. The smallest absolute Gasteiger partial charge is 0.237 e. The molecule has 2 fully saturated rings. The summed E-state index contributed by atoms with van der Waals surface area (Å²) in [6, 6.07) is 0. The van der Waals surface area contributed by atoms with Crippen LogP contribution in [-0.2, 0) is 4.79 Å². The molecule has 0 aromatic carbocycles. The second-order valence-electron chi connectivity index (χ2n) is 6.41. The van der Waals surface area contributed by atoms with Gasteiger partial charge in [0.05, 0.1) is 5.92 Å². The first-order valence-corrected chi connectivity index (χ1v) is 8.14. The standard InChI is InChI=1S/C16H24N2O2/c1-2-4-11-7-9-12(10-8-11)15-17-16(20-18-15)13-5-3-6-14(13)19/h11-13H,2-10H2,1H3. The molecule has 2 aliphatic rings. The van der Waals surface area contributed by atoms with Crippen molar-refractivity contribution in [1.82, 2.24) is 10.1 Å². The molecule has 1 aromatic heterocycles. The first kappa shape index (κ1) is 13.8. The third kappa shape index (κ3) is 2.79. The Hall–Kier alpha value is -1.19. The lowest BCUT2D eigenvalue weighted by atomic mass is 9.80. The Labute approximate surface area is 120 Å². The van der Waals surface area contributed by atoms with Gasteiger partial charge in [0.25, 0.3) is 0 Å². The van der Waals surface area contributed by atoms with Gasteiger partial charge in [-0.25, -0.2) is 0 Å². The van der Waals surface area contributed by atoms with Crippen molar-refractivity contribution in [2.24, 2.45) is 5.92 Å². The summed E-state index contributed by atoms with van der Waals surface area (Å²) in [4.78, 5) is 16.3. The van der Waals surface area contributed by atoms with Gasteiger partial charge < -0.3 is 4.52 Å². The molecule has 0 spiro atoms. The minimum atomic E-state index is -0.118. The fourth-order valence-corrected chi connectivity index (χ4v) is 3.75. The molecule has 0 radical (unpaired) electrons. The first-order valence-electron chi connectivity index (χ1n) is 8.14. The Balaban J connectivity index is 1.61. The molecule has 0 aliphatic heterocycles. The van der Waals surface area contributed by atoms with Gasteiger partial charge in [0.1, 0.15) is 5.78 Å². The Morgan fingerprint density at radius 1 is 1.20 bits per heavy atom. The zero-order valence-corrected chi connectivity index (χ0v) is 12.3. The van der Waals surface area contributed by atoms with E-state index < -0.39 is 0 Å². The number of Topliss-reactive ketones (excluding diaryl/α,β-unsaturated/α-hetero) is 1. The Kier molecular flexibility index (Phi) is 4.18. The molecule has 4 nitrogen and oxygen atoms in total. The highest BCUT2D eigenvalue weighted by Gasteiger charge is 2.32. The minimum absolute atomic E-state index is 0.118. The normalized spacial score (nSPS) is 30.9. The molecule has 2 aliphatic carbocycles. The van der Waals surface area contributed by atoms with Gasteiger partial charge in [-0.05, 0) is 44.4 Å². The van der Waals surface area contributed by atoms with Crippen LogP contribution in [0.3, 0.4) is 0 Å². The second kappa shape index (κ2) is 6.06. The van der Waals surface area contributed by atoms with Crippen LogP contribution in [0.2, 0.25) is 0 Å². The quantitative estimate of drug-likeness (QED) is 0.834. The molecule has 0 amide bonds. The average Bonchev–Trinajstić information content (AvgIpc) is 3.08. The maximum atomic E-state index is 11.7. The molecule has 3 rings (SSSR count). The summed E-state index contributed by atoms with van der Waals surface area (Å²) in [5.41, 5.74) is 0. The van der Waals surface area contributed by atoms with Crippen molar-refractivity contribution >= 4 is 5.78 Å². The van der Waals surface area contributed by atoms with Gasteiger partial charge in [-0.15, -0.1) is 0 Å². The van der Waals surface area contributed by atoms with E-state index in [1.165, 1.54) is 38.5 Å². The van der Waals surface area contributed by atoms with E-state index in [0.29, 0.717) is 18.2 Å². The van der Waals surface area contributed by atoms with Crippen LogP contribution in [0.5, 0.6) is 0 Å². The molecule has 1 unspecified atom stereocenters. The third-order valence-electron chi connectivity index (χ3n) is 4.97. The Morgan fingerprint density at radius 2 is 2.00 bits per heavy atom. The lowest BCUT2D eigenvalue weighted by Gasteiger charge is -2.26. The molecule has 20 heavy (non-hydrogen) atoms. The summed E-state index contributed by atoms with van der Waals surface area (Å²) < 4.78 is 5.36. The first-order chi connectivity index (χ1) is 9.78. The summed E-state index contributed by atoms with van der Waals surface area (Å²) in [5.74, 6) is 2.89. The third-order valence-corrected chi connectivity index (χ3v) is 4.97. The predicted octanol–water partition coefficient (Wildman–Crippen LogP) is 3.98. The van der Waals surface area contributed by atoms with E-state index in [2.05, 4.69) is 17.1 Å². The summed E-state index contributed by atoms with van der Waals surface area (Å²) in [6.07, 6.45) is 10.0. The Morgan fingerprint density at radius 3 is 2.65 bits per heavy atom. The number of hydrogen-bond donors (Lipinski definition) is 0. The summed E-state index contributed by atoms with van der Waals surface area (Å²) in [5, 5.41) is 4.15. The van der Waals surface area contributed by atoms with Crippen LogP contribution >= 0.6 is 0 Å². The van der Waals surface area contributed by atoms with Crippen LogP contribution in [0.25, 0.3) is 0 Å². The van der Waals surface area contributed by atoms with Gasteiger partial charge in [-0.1, -0.05) is 24.9 Å². The fraction of sp³-hybridized carbons (Fsp3) is 0.812. The van der Waals surface area contributed by atoms with E-state index in [1.807, 2.05) is 0 Å². The van der Waals surface area contributed by atoms with Gasteiger partial charge in [0.2, 0.25) is 5.89 Å². The van der Waals surface area contributed by atoms with Crippen LogP contribution < -0.4 is 0 Å². The van der Waals surface area contributed by atoms with E-state index in [9.17, 15) is 4.79 Å².